The van der Waals surface area contributed by atoms with E-state index in [1.54, 1.807) is 17.8 Å². The summed E-state index contributed by atoms with van der Waals surface area (Å²) in [7, 11) is 0. The van der Waals surface area contributed by atoms with Gasteiger partial charge in [0, 0.05) is 6.20 Å². The highest BCUT2D eigenvalue weighted by Crippen LogP contribution is 2.67. The number of nitrogens with zero attached hydrogens (tertiary/aromatic N) is 1. The lowest BCUT2D eigenvalue weighted by atomic mass is 9.47. The Bertz CT molecular complexity index is 851. The normalized spacial score (nSPS) is 42.9. The molecule has 0 amide bonds. The van der Waals surface area contributed by atoms with Gasteiger partial charge in [-0.05, 0) is 117 Å². The highest BCUT2D eigenvalue weighted by Gasteiger charge is 2.59. The fourth-order valence-electron chi connectivity index (χ4n) is 8.78. The van der Waals surface area contributed by atoms with Crippen LogP contribution in [-0.4, -0.2) is 16.2 Å². The van der Waals surface area contributed by atoms with Crippen LogP contribution in [0.5, 0.6) is 0 Å². The van der Waals surface area contributed by atoms with Crippen LogP contribution >= 0.6 is 0 Å². The van der Waals surface area contributed by atoms with Crippen molar-refractivity contribution in [1.82, 2.24) is 4.98 Å². The third kappa shape index (κ3) is 3.50. The Labute approximate surface area is 187 Å². The molecule has 0 unspecified atom stereocenters. The number of fused-ring (bicyclic) bond motifs is 5. The number of pyridine rings is 1. The highest BCUT2D eigenvalue weighted by atomic mass is 19.1. The van der Waals surface area contributed by atoms with Crippen LogP contribution < -0.4 is 0 Å². The van der Waals surface area contributed by atoms with Crippen molar-refractivity contribution in [3.8, 4) is 0 Å². The molecule has 0 radical (unpaired) electrons. The van der Waals surface area contributed by atoms with E-state index in [0.717, 1.165) is 49.4 Å². The first-order valence-corrected chi connectivity index (χ1v) is 12.8. The molecule has 4 aliphatic carbocycles. The number of aromatic nitrogens is 1. The van der Waals surface area contributed by atoms with Gasteiger partial charge in [0.2, 0.25) is 0 Å². The SMILES string of the molecule is C[C@H](CCc1ncccc1F)[C@H]1CC[C@H]2[C@@H]3CC=C4C[C@@H](O)CC[C@]4(C)[C@H]3CC[C@]12C. The lowest BCUT2D eigenvalue weighted by molar-refractivity contribution is -0.0571. The maximum absolute atomic E-state index is 14.1. The third-order valence-corrected chi connectivity index (χ3v) is 10.5. The van der Waals surface area contributed by atoms with Crippen LogP contribution in [0.2, 0.25) is 0 Å². The Morgan fingerprint density at radius 1 is 1.16 bits per heavy atom. The molecule has 0 aliphatic heterocycles. The number of halogens is 1. The molecule has 0 spiro atoms. The zero-order valence-corrected chi connectivity index (χ0v) is 19.6. The number of hydrogen-bond donors (Lipinski definition) is 1. The maximum atomic E-state index is 14.1. The van der Waals surface area contributed by atoms with Crippen molar-refractivity contribution < 1.29 is 9.50 Å². The fraction of sp³-hybridized carbons (Fsp3) is 0.750. The summed E-state index contributed by atoms with van der Waals surface area (Å²) in [5, 5.41) is 10.2. The van der Waals surface area contributed by atoms with Crippen molar-refractivity contribution in [2.45, 2.75) is 91.1 Å². The first-order chi connectivity index (χ1) is 14.8. The Balaban J connectivity index is 1.31. The summed E-state index contributed by atoms with van der Waals surface area (Å²) in [6, 6.07) is 3.22. The molecule has 0 bridgehead atoms. The maximum Gasteiger partial charge on any atom is 0.144 e. The monoisotopic (exact) mass is 425 g/mol. The summed E-state index contributed by atoms with van der Waals surface area (Å²) in [6.07, 6.45) is 15.6. The zero-order chi connectivity index (χ0) is 21.8. The number of rotatable bonds is 4. The number of aryl methyl sites for hydroxylation is 1. The van der Waals surface area contributed by atoms with Crippen LogP contribution in [0.4, 0.5) is 4.39 Å². The molecule has 4 aliphatic rings. The molecule has 0 aromatic carbocycles. The topological polar surface area (TPSA) is 33.1 Å². The average Bonchev–Trinajstić information content (AvgIpc) is 3.11. The van der Waals surface area contributed by atoms with Crippen LogP contribution in [-0.2, 0) is 6.42 Å². The van der Waals surface area contributed by atoms with E-state index in [9.17, 15) is 9.50 Å². The molecule has 8 atom stereocenters. The van der Waals surface area contributed by atoms with Gasteiger partial charge in [0.15, 0.2) is 0 Å². The molecule has 1 aromatic heterocycles. The molecule has 0 saturated heterocycles. The predicted octanol–water partition coefficient (Wildman–Crippen LogP) is 6.73. The first kappa shape index (κ1) is 21.6. The van der Waals surface area contributed by atoms with Crippen molar-refractivity contribution in [3.63, 3.8) is 0 Å². The second-order valence-corrected chi connectivity index (χ2v) is 11.8. The Kier molecular flexibility index (Phi) is 5.56. The molecule has 5 rings (SSSR count). The standard InChI is InChI=1S/C28H40FNO/c1-18(6-11-26-25(29)5-4-16-30-26)22-9-10-23-21-8-7-19-17-20(31)12-14-27(19,2)24(21)13-15-28(22,23)3/h4-5,7,16,18,20-24,31H,6,8-15,17H2,1-3H3/t18-,20+,21+,22-,23+,24+,27+,28-/m1/s1. The second kappa shape index (κ2) is 7.97. The largest absolute Gasteiger partial charge is 0.393 e. The van der Waals surface area contributed by atoms with Gasteiger partial charge in [0.1, 0.15) is 5.82 Å². The summed E-state index contributed by atoms with van der Waals surface area (Å²) in [6.45, 7) is 7.52. The van der Waals surface area contributed by atoms with Crippen LogP contribution in [0.25, 0.3) is 0 Å². The molecular formula is C28H40FNO. The summed E-state index contributed by atoms with van der Waals surface area (Å²) in [5.74, 6) is 3.65. The lowest BCUT2D eigenvalue weighted by Gasteiger charge is -2.58. The minimum absolute atomic E-state index is 0.120. The summed E-state index contributed by atoms with van der Waals surface area (Å²) < 4.78 is 14.1. The first-order valence-electron chi connectivity index (χ1n) is 12.8. The smallest absolute Gasteiger partial charge is 0.144 e. The summed E-state index contributed by atoms with van der Waals surface area (Å²) >= 11 is 0. The predicted molar refractivity (Wildman–Crippen MR) is 123 cm³/mol. The molecular weight excluding hydrogens is 385 g/mol. The third-order valence-electron chi connectivity index (χ3n) is 10.5. The van der Waals surface area contributed by atoms with Crippen LogP contribution in [0.3, 0.4) is 0 Å². The van der Waals surface area contributed by atoms with Gasteiger partial charge in [0.05, 0.1) is 11.8 Å². The molecule has 1 heterocycles. The molecule has 3 heteroatoms. The van der Waals surface area contributed by atoms with E-state index in [-0.39, 0.29) is 11.9 Å². The number of aliphatic hydroxyl groups is 1. The van der Waals surface area contributed by atoms with Gasteiger partial charge in [-0.3, -0.25) is 4.98 Å². The van der Waals surface area contributed by atoms with E-state index in [1.165, 1.54) is 44.6 Å². The van der Waals surface area contributed by atoms with E-state index in [0.29, 0.717) is 22.4 Å². The molecule has 3 saturated carbocycles. The van der Waals surface area contributed by atoms with Crippen molar-refractivity contribution in [1.29, 1.82) is 0 Å². The minimum Gasteiger partial charge on any atom is -0.393 e. The molecule has 1 aromatic rings. The van der Waals surface area contributed by atoms with E-state index in [2.05, 4.69) is 31.8 Å². The minimum atomic E-state index is -0.152. The Hall–Kier alpha value is -1.22. The lowest BCUT2D eigenvalue weighted by Crippen LogP contribution is -2.50. The van der Waals surface area contributed by atoms with Gasteiger partial charge in [-0.1, -0.05) is 32.4 Å². The van der Waals surface area contributed by atoms with E-state index in [1.807, 2.05) is 0 Å². The van der Waals surface area contributed by atoms with Gasteiger partial charge >= 0.3 is 0 Å². The molecule has 31 heavy (non-hydrogen) atoms. The fourth-order valence-corrected chi connectivity index (χ4v) is 8.78. The van der Waals surface area contributed by atoms with Gasteiger partial charge < -0.3 is 5.11 Å². The van der Waals surface area contributed by atoms with Crippen molar-refractivity contribution >= 4 is 0 Å². The van der Waals surface area contributed by atoms with Gasteiger partial charge in [-0.15, -0.1) is 0 Å². The average molecular weight is 426 g/mol. The van der Waals surface area contributed by atoms with E-state index < -0.39 is 0 Å². The van der Waals surface area contributed by atoms with Gasteiger partial charge in [-0.2, -0.15) is 0 Å². The Morgan fingerprint density at radius 3 is 2.81 bits per heavy atom. The van der Waals surface area contributed by atoms with Crippen molar-refractivity contribution in [3.05, 3.63) is 41.5 Å². The molecule has 170 valence electrons. The summed E-state index contributed by atoms with van der Waals surface area (Å²) in [5.41, 5.74) is 2.95. The Morgan fingerprint density at radius 2 is 2.00 bits per heavy atom. The van der Waals surface area contributed by atoms with Crippen LogP contribution in [0.15, 0.2) is 30.0 Å². The van der Waals surface area contributed by atoms with Gasteiger partial charge in [0.25, 0.3) is 0 Å². The summed E-state index contributed by atoms with van der Waals surface area (Å²) in [4.78, 5) is 4.28. The molecule has 1 N–H and O–H groups in total. The zero-order valence-electron chi connectivity index (χ0n) is 19.6. The van der Waals surface area contributed by atoms with E-state index in [4.69, 9.17) is 0 Å². The van der Waals surface area contributed by atoms with Crippen molar-refractivity contribution in [2.24, 2.45) is 40.4 Å². The quantitative estimate of drug-likeness (QED) is 0.543. The number of aliphatic hydroxyl groups excluding tert-OH is 1. The molecule has 3 fully saturated rings. The highest BCUT2D eigenvalue weighted by molar-refractivity contribution is 5.25. The second-order valence-electron chi connectivity index (χ2n) is 11.8. The van der Waals surface area contributed by atoms with Crippen LogP contribution in [0, 0.1) is 46.2 Å². The van der Waals surface area contributed by atoms with Gasteiger partial charge in [-0.25, -0.2) is 4.39 Å². The van der Waals surface area contributed by atoms with Crippen molar-refractivity contribution in [2.75, 3.05) is 0 Å². The number of allylic oxidation sites excluding steroid dienone is 1. The molecule has 2 nitrogen and oxygen atoms in total. The van der Waals surface area contributed by atoms with Crippen LogP contribution in [0.1, 0.15) is 84.3 Å². The number of hydrogen-bond acceptors (Lipinski definition) is 2. The van der Waals surface area contributed by atoms with E-state index >= 15 is 0 Å².